The van der Waals surface area contributed by atoms with Crippen LogP contribution in [0.25, 0.3) is 0 Å². The van der Waals surface area contributed by atoms with Crippen LogP contribution in [-0.2, 0) is 10.0 Å². The molecule has 0 bridgehead atoms. The fourth-order valence-corrected chi connectivity index (χ4v) is 4.69. The molecule has 1 fully saturated rings. The molecule has 2 atom stereocenters. The van der Waals surface area contributed by atoms with Crippen LogP contribution in [-0.4, -0.2) is 19.4 Å². The third-order valence-electron chi connectivity index (χ3n) is 2.86. The van der Waals surface area contributed by atoms with Crippen molar-refractivity contribution in [2.75, 3.05) is 0 Å². The Labute approximate surface area is 113 Å². The van der Waals surface area contributed by atoms with Gasteiger partial charge in [0.25, 0.3) is 15.7 Å². The van der Waals surface area contributed by atoms with E-state index in [-0.39, 0.29) is 20.3 Å². The highest BCUT2D eigenvalue weighted by Crippen LogP contribution is 2.38. The summed E-state index contributed by atoms with van der Waals surface area (Å²) in [5, 5.41) is 10.6. The molecular formula is C9H11ClN2O4S2. The van der Waals surface area contributed by atoms with E-state index in [2.05, 4.69) is 4.72 Å². The van der Waals surface area contributed by atoms with Gasteiger partial charge in [0.1, 0.15) is 4.21 Å². The van der Waals surface area contributed by atoms with Crippen LogP contribution >= 0.6 is 22.9 Å². The van der Waals surface area contributed by atoms with E-state index in [1.807, 2.05) is 6.92 Å². The second-order valence-electron chi connectivity index (χ2n) is 4.11. The largest absolute Gasteiger partial charge is 0.300 e. The number of nitro groups is 1. The Morgan fingerprint density at radius 3 is 2.78 bits per heavy atom. The second kappa shape index (κ2) is 4.76. The maximum absolute atomic E-state index is 12.0. The van der Waals surface area contributed by atoms with Crippen molar-refractivity contribution in [3.05, 3.63) is 20.5 Å². The molecule has 0 aliphatic heterocycles. The Balaban J connectivity index is 2.20. The van der Waals surface area contributed by atoms with Gasteiger partial charge in [-0.25, -0.2) is 13.1 Å². The van der Waals surface area contributed by atoms with Crippen molar-refractivity contribution in [2.45, 2.75) is 30.0 Å². The summed E-state index contributed by atoms with van der Waals surface area (Å²) < 4.78 is 26.2. The molecule has 1 N–H and O–H groups in total. The molecule has 6 nitrogen and oxygen atoms in total. The van der Waals surface area contributed by atoms with E-state index in [0.29, 0.717) is 17.3 Å². The Bertz CT molecular complexity index is 583. The summed E-state index contributed by atoms with van der Waals surface area (Å²) in [4.78, 5) is 9.92. The molecule has 1 aliphatic carbocycles. The molecular weight excluding hydrogens is 300 g/mol. The molecule has 0 radical (unpaired) electrons. The fourth-order valence-electron chi connectivity index (χ4n) is 1.70. The van der Waals surface area contributed by atoms with Gasteiger partial charge in [-0.3, -0.25) is 10.1 Å². The summed E-state index contributed by atoms with van der Waals surface area (Å²) in [6, 6.07) is 0.943. The summed E-state index contributed by atoms with van der Waals surface area (Å²) in [5.74, 6) is 0.366. The van der Waals surface area contributed by atoms with Crippen LogP contribution in [0.15, 0.2) is 10.3 Å². The number of halogens is 1. The zero-order valence-corrected chi connectivity index (χ0v) is 11.8. The van der Waals surface area contributed by atoms with Gasteiger partial charge in [-0.1, -0.05) is 24.9 Å². The molecule has 2 rings (SSSR count). The normalized spacial score (nSPS) is 23.0. The van der Waals surface area contributed by atoms with Gasteiger partial charge in [-0.2, -0.15) is 0 Å². The number of nitrogens with zero attached hydrogens (tertiary/aromatic N) is 1. The molecule has 0 spiro atoms. The highest BCUT2D eigenvalue weighted by Gasteiger charge is 2.39. The maximum atomic E-state index is 12.0. The Morgan fingerprint density at radius 2 is 2.33 bits per heavy atom. The maximum Gasteiger partial charge on any atom is 0.300 e. The number of hydrogen-bond acceptors (Lipinski definition) is 5. The SMILES string of the molecule is CCC1CC1NS(=O)(=O)c1cc([N+](=O)[O-])c(Cl)s1. The molecule has 0 saturated heterocycles. The van der Waals surface area contributed by atoms with Crippen molar-refractivity contribution in [1.82, 2.24) is 4.72 Å². The van der Waals surface area contributed by atoms with Gasteiger partial charge in [0, 0.05) is 12.1 Å². The fraction of sp³-hybridized carbons (Fsp3) is 0.556. The first-order valence-corrected chi connectivity index (χ1v) is 7.99. The number of thiophene rings is 1. The van der Waals surface area contributed by atoms with Crippen LogP contribution in [0.5, 0.6) is 0 Å². The van der Waals surface area contributed by atoms with Gasteiger partial charge in [0.05, 0.1) is 4.92 Å². The van der Waals surface area contributed by atoms with Gasteiger partial charge in [0.2, 0.25) is 0 Å². The van der Waals surface area contributed by atoms with E-state index in [1.54, 1.807) is 0 Å². The lowest BCUT2D eigenvalue weighted by molar-refractivity contribution is -0.384. The molecule has 2 unspecified atom stereocenters. The monoisotopic (exact) mass is 310 g/mol. The van der Waals surface area contributed by atoms with Crippen molar-refractivity contribution in [3.63, 3.8) is 0 Å². The Hall–Kier alpha value is -0.700. The molecule has 18 heavy (non-hydrogen) atoms. The van der Waals surface area contributed by atoms with E-state index in [1.165, 1.54) is 0 Å². The van der Waals surface area contributed by atoms with Crippen molar-refractivity contribution in [2.24, 2.45) is 5.92 Å². The van der Waals surface area contributed by atoms with Gasteiger partial charge in [-0.15, -0.1) is 11.3 Å². The molecule has 0 amide bonds. The predicted octanol–water partition coefficient (Wildman–Crippen LogP) is 2.39. The highest BCUT2D eigenvalue weighted by atomic mass is 35.5. The minimum absolute atomic E-state index is 0.0556. The van der Waals surface area contributed by atoms with Crippen molar-refractivity contribution >= 4 is 38.6 Å². The number of rotatable bonds is 5. The number of nitrogens with one attached hydrogen (secondary N) is 1. The molecule has 1 heterocycles. The van der Waals surface area contributed by atoms with E-state index in [0.717, 1.165) is 18.9 Å². The van der Waals surface area contributed by atoms with E-state index >= 15 is 0 Å². The first-order valence-electron chi connectivity index (χ1n) is 5.31. The van der Waals surface area contributed by atoms with Crippen LogP contribution in [0.2, 0.25) is 4.34 Å². The quantitative estimate of drug-likeness (QED) is 0.668. The van der Waals surface area contributed by atoms with Crippen molar-refractivity contribution in [1.29, 1.82) is 0 Å². The lowest BCUT2D eigenvalue weighted by Crippen LogP contribution is -2.26. The Morgan fingerprint density at radius 1 is 1.67 bits per heavy atom. The molecule has 0 aromatic carbocycles. The van der Waals surface area contributed by atoms with Crippen LogP contribution in [0, 0.1) is 16.0 Å². The number of sulfonamides is 1. The van der Waals surface area contributed by atoms with Gasteiger partial charge in [-0.05, 0) is 12.3 Å². The lowest BCUT2D eigenvalue weighted by Gasteiger charge is -2.02. The lowest BCUT2D eigenvalue weighted by atomic mass is 10.3. The molecule has 1 saturated carbocycles. The second-order valence-corrected chi connectivity index (χ2v) is 7.71. The minimum Gasteiger partial charge on any atom is -0.258 e. The third-order valence-corrected chi connectivity index (χ3v) is 6.16. The zero-order valence-electron chi connectivity index (χ0n) is 9.42. The molecule has 9 heteroatoms. The van der Waals surface area contributed by atoms with Crippen LogP contribution < -0.4 is 4.72 Å². The highest BCUT2D eigenvalue weighted by molar-refractivity contribution is 7.91. The average Bonchev–Trinajstić information content (AvgIpc) is 2.87. The standard InChI is InChI=1S/C9H11ClN2O4S2/c1-2-5-3-6(5)11-18(15,16)8-4-7(12(13)14)9(10)17-8/h4-6,11H,2-3H2,1H3. The zero-order chi connectivity index (χ0) is 13.5. The Kier molecular flexibility index (Phi) is 3.63. The van der Waals surface area contributed by atoms with Crippen LogP contribution in [0.1, 0.15) is 19.8 Å². The minimum atomic E-state index is -3.70. The average molecular weight is 311 g/mol. The van der Waals surface area contributed by atoms with Crippen LogP contribution in [0.3, 0.4) is 0 Å². The third kappa shape index (κ3) is 2.66. The predicted molar refractivity (Wildman–Crippen MR) is 68.5 cm³/mol. The summed E-state index contributed by atoms with van der Waals surface area (Å²) in [7, 11) is -3.70. The van der Waals surface area contributed by atoms with Gasteiger partial charge < -0.3 is 0 Å². The topological polar surface area (TPSA) is 89.3 Å². The summed E-state index contributed by atoms with van der Waals surface area (Å²) in [5.41, 5.74) is -0.370. The van der Waals surface area contributed by atoms with E-state index in [9.17, 15) is 18.5 Å². The van der Waals surface area contributed by atoms with Crippen LogP contribution in [0.4, 0.5) is 5.69 Å². The summed E-state index contributed by atoms with van der Waals surface area (Å²) >= 11 is 6.34. The molecule has 1 aliphatic rings. The van der Waals surface area contributed by atoms with Crippen molar-refractivity contribution < 1.29 is 13.3 Å². The molecule has 100 valence electrons. The first-order chi connectivity index (χ1) is 8.35. The van der Waals surface area contributed by atoms with Gasteiger partial charge >= 0.3 is 0 Å². The molecule has 1 aromatic heterocycles. The van der Waals surface area contributed by atoms with E-state index in [4.69, 9.17) is 11.6 Å². The van der Waals surface area contributed by atoms with Crippen molar-refractivity contribution in [3.8, 4) is 0 Å². The number of hydrogen-bond donors (Lipinski definition) is 1. The summed E-state index contributed by atoms with van der Waals surface area (Å²) in [6.07, 6.45) is 1.73. The molecule has 1 aromatic rings. The first kappa shape index (κ1) is 13.7. The smallest absolute Gasteiger partial charge is 0.258 e. The van der Waals surface area contributed by atoms with E-state index < -0.39 is 14.9 Å². The van der Waals surface area contributed by atoms with Gasteiger partial charge in [0.15, 0.2) is 4.34 Å². The summed E-state index contributed by atoms with van der Waals surface area (Å²) in [6.45, 7) is 1.99.